The van der Waals surface area contributed by atoms with Crippen LogP contribution in [0.25, 0.3) is 11.0 Å². The van der Waals surface area contributed by atoms with Gasteiger partial charge in [0.05, 0.1) is 11.0 Å². The molecule has 3 rings (SSSR count). The van der Waals surface area contributed by atoms with E-state index in [0.29, 0.717) is 31.0 Å². The third-order valence-corrected chi connectivity index (χ3v) is 3.67. The van der Waals surface area contributed by atoms with Crippen molar-refractivity contribution < 1.29 is 9.59 Å². The van der Waals surface area contributed by atoms with Crippen LogP contribution in [-0.4, -0.2) is 39.1 Å². The summed E-state index contributed by atoms with van der Waals surface area (Å²) in [5, 5.41) is 8.03. The number of aryl methyl sites for hydroxylation is 1. The van der Waals surface area contributed by atoms with Gasteiger partial charge in [0, 0.05) is 26.4 Å². The third-order valence-electron chi connectivity index (χ3n) is 3.67. The maximum absolute atomic E-state index is 12.3. The molecule has 7 nitrogen and oxygen atoms in total. The number of carbonyl (C=O) groups excluding carboxylic acids is 2. The van der Waals surface area contributed by atoms with Gasteiger partial charge in [-0.2, -0.15) is 5.10 Å². The Bertz CT molecular complexity index is 777. The zero-order chi connectivity index (χ0) is 15.7. The summed E-state index contributed by atoms with van der Waals surface area (Å²) in [7, 11) is 1.55. The van der Waals surface area contributed by atoms with Crippen LogP contribution in [0.4, 0.5) is 5.95 Å². The van der Waals surface area contributed by atoms with Crippen LogP contribution in [0.3, 0.4) is 0 Å². The normalized spacial score (nSPS) is 15.1. The number of fused-ring (bicyclic) bond motifs is 1. The fraction of sp³-hybridized carbons (Fsp3) is 0.333. The summed E-state index contributed by atoms with van der Waals surface area (Å²) >= 11 is 0. The zero-order valence-corrected chi connectivity index (χ0v) is 12.5. The molecule has 1 aromatic heterocycles. The Morgan fingerprint density at radius 3 is 2.82 bits per heavy atom. The fourth-order valence-electron chi connectivity index (χ4n) is 2.50. The topological polar surface area (TPSA) is 79.6 Å². The van der Waals surface area contributed by atoms with Crippen molar-refractivity contribution in [2.75, 3.05) is 12.4 Å². The Kier molecular flexibility index (Phi) is 3.62. The monoisotopic (exact) mass is 299 g/mol. The average molecular weight is 299 g/mol. The van der Waals surface area contributed by atoms with Crippen molar-refractivity contribution in [3.05, 3.63) is 24.3 Å². The number of rotatable bonds is 3. The summed E-state index contributed by atoms with van der Waals surface area (Å²) in [5.41, 5.74) is 2.15. The molecule has 1 aromatic carbocycles. The summed E-state index contributed by atoms with van der Waals surface area (Å²) < 4.78 is 1.94. The summed E-state index contributed by atoms with van der Waals surface area (Å²) in [4.78, 5) is 28.2. The molecule has 22 heavy (non-hydrogen) atoms. The van der Waals surface area contributed by atoms with Crippen LogP contribution >= 0.6 is 0 Å². The molecule has 114 valence electrons. The highest BCUT2D eigenvalue weighted by atomic mass is 16.2. The van der Waals surface area contributed by atoms with Crippen molar-refractivity contribution in [2.24, 2.45) is 5.10 Å². The maximum Gasteiger partial charge on any atom is 0.274 e. The first kappa shape index (κ1) is 14.2. The molecule has 1 aliphatic rings. The summed E-state index contributed by atoms with van der Waals surface area (Å²) in [6, 6.07) is 7.72. The first-order chi connectivity index (χ1) is 10.6. The van der Waals surface area contributed by atoms with E-state index in [0.717, 1.165) is 11.0 Å². The smallest absolute Gasteiger partial charge is 0.274 e. The SMILES string of the molecule is CCn1c(NC(=O)C2=NN(C)C(=O)CC2)nc2ccccc21. The Hall–Kier alpha value is -2.70. The maximum atomic E-state index is 12.3. The summed E-state index contributed by atoms with van der Waals surface area (Å²) in [6.07, 6.45) is 0.647. The molecule has 0 radical (unpaired) electrons. The molecule has 2 aromatic rings. The summed E-state index contributed by atoms with van der Waals surface area (Å²) in [5.74, 6) is 0.0951. The van der Waals surface area contributed by atoms with Crippen molar-refractivity contribution >= 4 is 34.5 Å². The lowest BCUT2D eigenvalue weighted by atomic mass is 10.1. The minimum atomic E-state index is -0.315. The highest BCUT2D eigenvalue weighted by Crippen LogP contribution is 2.19. The quantitative estimate of drug-likeness (QED) is 0.935. The van der Waals surface area contributed by atoms with Gasteiger partial charge in [0.25, 0.3) is 5.91 Å². The van der Waals surface area contributed by atoms with Crippen molar-refractivity contribution in [1.29, 1.82) is 0 Å². The minimum absolute atomic E-state index is 0.0858. The molecular formula is C15H17N5O2. The molecule has 0 unspecified atom stereocenters. The van der Waals surface area contributed by atoms with Gasteiger partial charge < -0.3 is 4.57 Å². The predicted molar refractivity (Wildman–Crippen MR) is 83.5 cm³/mol. The number of aromatic nitrogens is 2. The number of carbonyl (C=O) groups is 2. The van der Waals surface area contributed by atoms with Crippen LogP contribution in [-0.2, 0) is 16.1 Å². The van der Waals surface area contributed by atoms with Gasteiger partial charge in [0.15, 0.2) is 0 Å². The molecule has 1 aliphatic heterocycles. The van der Waals surface area contributed by atoms with Crippen LogP contribution in [0.1, 0.15) is 19.8 Å². The number of benzene rings is 1. The molecule has 0 saturated heterocycles. The number of anilines is 1. The lowest BCUT2D eigenvalue weighted by Crippen LogP contribution is -2.34. The number of nitrogens with one attached hydrogen (secondary N) is 1. The van der Waals surface area contributed by atoms with E-state index in [1.807, 2.05) is 35.8 Å². The lowest BCUT2D eigenvalue weighted by molar-refractivity contribution is -0.130. The highest BCUT2D eigenvalue weighted by molar-refractivity contribution is 6.43. The van der Waals surface area contributed by atoms with Crippen molar-refractivity contribution in [2.45, 2.75) is 26.3 Å². The minimum Gasteiger partial charge on any atom is -0.310 e. The number of hydrogen-bond donors (Lipinski definition) is 1. The Balaban J connectivity index is 1.88. The van der Waals surface area contributed by atoms with Gasteiger partial charge in [-0.05, 0) is 19.1 Å². The molecule has 0 fully saturated rings. The number of amides is 2. The van der Waals surface area contributed by atoms with E-state index >= 15 is 0 Å². The van der Waals surface area contributed by atoms with Crippen LogP contribution < -0.4 is 5.32 Å². The second kappa shape index (κ2) is 5.59. The van der Waals surface area contributed by atoms with Crippen LogP contribution in [0.15, 0.2) is 29.4 Å². The number of hydrogen-bond acceptors (Lipinski definition) is 4. The molecule has 0 saturated carbocycles. The van der Waals surface area contributed by atoms with E-state index in [1.165, 1.54) is 5.01 Å². The van der Waals surface area contributed by atoms with Crippen molar-refractivity contribution in [3.63, 3.8) is 0 Å². The van der Waals surface area contributed by atoms with Crippen molar-refractivity contribution in [3.8, 4) is 0 Å². The molecule has 7 heteroatoms. The zero-order valence-electron chi connectivity index (χ0n) is 12.5. The Morgan fingerprint density at radius 2 is 2.09 bits per heavy atom. The van der Waals surface area contributed by atoms with Crippen molar-refractivity contribution in [1.82, 2.24) is 14.6 Å². The average Bonchev–Trinajstić information content (AvgIpc) is 2.86. The Morgan fingerprint density at radius 1 is 1.32 bits per heavy atom. The van der Waals surface area contributed by atoms with Crippen LogP contribution in [0.2, 0.25) is 0 Å². The van der Waals surface area contributed by atoms with Crippen LogP contribution in [0.5, 0.6) is 0 Å². The van der Waals surface area contributed by atoms with E-state index in [4.69, 9.17) is 0 Å². The molecule has 2 heterocycles. The van der Waals surface area contributed by atoms with Gasteiger partial charge in [-0.25, -0.2) is 9.99 Å². The van der Waals surface area contributed by atoms with Crippen LogP contribution in [0, 0.1) is 0 Å². The van der Waals surface area contributed by atoms with Gasteiger partial charge in [-0.3, -0.25) is 14.9 Å². The largest absolute Gasteiger partial charge is 0.310 e. The first-order valence-electron chi connectivity index (χ1n) is 7.20. The lowest BCUT2D eigenvalue weighted by Gasteiger charge is -2.18. The molecule has 0 atom stereocenters. The van der Waals surface area contributed by atoms with E-state index in [1.54, 1.807) is 7.05 Å². The molecule has 1 N–H and O–H groups in total. The number of nitrogens with zero attached hydrogens (tertiary/aromatic N) is 4. The van der Waals surface area contributed by atoms with Gasteiger partial charge in [0.1, 0.15) is 5.71 Å². The van der Waals surface area contributed by atoms with Gasteiger partial charge in [-0.1, -0.05) is 12.1 Å². The third kappa shape index (κ3) is 2.45. The molecule has 2 amide bonds. The standard InChI is InChI=1S/C15H17N5O2/c1-3-20-12-7-5-4-6-10(12)16-15(20)17-14(22)11-8-9-13(21)19(2)18-11/h4-7H,3,8-9H2,1-2H3,(H,16,17,22). The van der Waals surface area contributed by atoms with E-state index in [9.17, 15) is 9.59 Å². The molecular weight excluding hydrogens is 282 g/mol. The van der Waals surface area contributed by atoms with E-state index < -0.39 is 0 Å². The molecule has 0 spiro atoms. The second-order valence-corrected chi connectivity index (χ2v) is 5.09. The number of imidazole rings is 1. The van der Waals surface area contributed by atoms with Gasteiger partial charge in [0.2, 0.25) is 11.9 Å². The fourth-order valence-corrected chi connectivity index (χ4v) is 2.50. The van der Waals surface area contributed by atoms with Gasteiger partial charge in [-0.15, -0.1) is 0 Å². The second-order valence-electron chi connectivity index (χ2n) is 5.09. The number of hydrazone groups is 1. The summed E-state index contributed by atoms with van der Waals surface area (Å²) in [6.45, 7) is 2.69. The first-order valence-corrected chi connectivity index (χ1v) is 7.20. The highest BCUT2D eigenvalue weighted by Gasteiger charge is 2.23. The van der Waals surface area contributed by atoms with E-state index in [-0.39, 0.29) is 11.8 Å². The Labute approximate surface area is 127 Å². The van der Waals surface area contributed by atoms with Gasteiger partial charge >= 0.3 is 0 Å². The molecule has 0 aliphatic carbocycles. The number of para-hydroxylation sites is 2. The molecule has 0 bridgehead atoms. The van der Waals surface area contributed by atoms with E-state index in [2.05, 4.69) is 15.4 Å². The predicted octanol–water partition coefficient (Wildman–Crippen LogP) is 1.60.